The summed E-state index contributed by atoms with van der Waals surface area (Å²) < 4.78 is 36.7. The van der Waals surface area contributed by atoms with Crippen molar-refractivity contribution in [3.63, 3.8) is 0 Å². The van der Waals surface area contributed by atoms with Gasteiger partial charge in [-0.1, -0.05) is 6.07 Å². The Morgan fingerprint density at radius 2 is 2.06 bits per heavy atom. The van der Waals surface area contributed by atoms with E-state index in [2.05, 4.69) is 4.98 Å². The number of carboxylic acids is 1. The van der Waals surface area contributed by atoms with Crippen LogP contribution in [-0.2, 0) is 16.5 Å². The van der Waals surface area contributed by atoms with Gasteiger partial charge in [-0.2, -0.15) is 13.2 Å². The number of carbonyl (C=O) groups is 1. The van der Waals surface area contributed by atoms with Gasteiger partial charge in [-0.15, -0.1) is 0 Å². The Bertz CT molecular complexity index is 413. The summed E-state index contributed by atoms with van der Waals surface area (Å²) in [7, 11) is 0. The zero-order chi connectivity index (χ0) is 13.3. The van der Waals surface area contributed by atoms with E-state index in [1.165, 1.54) is 6.92 Å². The molecule has 0 fully saturated rings. The van der Waals surface area contributed by atoms with Gasteiger partial charge < -0.3 is 10.8 Å². The Morgan fingerprint density at radius 1 is 1.47 bits per heavy atom. The molecule has 3 N–H and O–H groups in total. The highest BCUT2D eigenvalue weighted by molar-refractivity contribution is 5.68. The van der Waals surface area contributed by atoms with E-state index in [0.717, 1.165) is 18.3 Å². The highest BCUT2D eigenvalue weighted by Gasteiger charge is 2.33. The van der Waals surface area contributed by atoms with E-state index in [0.29, 0.717) is 0 Å². The molecular weight excluding hydrogens is 237 g/mol. The molecule has 4 nitrogen and oxygen atoms in total. The zero-order valence-corrected chi connectivity index (χ0v) is 8.95. The average molecular weight is 248 g/mol. The topological polar surface area (TPSA) is 76.2 Å². The molecule has 0 aromatic carbocycles. The van der Waals surface area contributed by atoms with Crippen molar-refractivity contribution in [1.82, 2.24) is 4.98 Å². The second kappa shape index (κ2) is 4.33. The molecule has 1 atom stereocenters. The first kappa shape index (κ1) is 13.4. The summed E-state index contributed by atoms with van der Waals surface area (Å²) in [6.45, 7) is 1.42. The predicted octanol–water partition coefficient (Wildman–Crippen LogP) is 1.75. The third-order valence-electron chi connectivity index (χ3n) is 2.23. The minimum Gasteiger partial charge on any atom is -0.481 e. The van der Waals surface area contributed by atoms with E-state index in [-0.39, 0.29) is 12.0 Å². The summed E-state index contributed by atoms with van der Waals surface area (Å²) in [5.74, 6) is -1.13. The second-order valence-corrected chi connectivity index (χ2v) is 3.92. The first-order valence-corrected chi connectivity index (χ1v) is 4.67. The molecule has 0 amide bonds. The van der Waals surface area contributed by atoms with Gasteiger partial charge in [0, 0.05) is 6.20 Å². The number of carboxylic acid groups (broad SMARTS) is 1. The maximum Gasteiger partial charge on any atom is 0.433 e. The molecule has 0 saturated carbocycles. The van der Waals surface area contributed by atoms with Gasteiger partial charge in [-0.25, -0.2) is 0 Å². The summed E-state index contributed by atoms with van der Waals surface area (Å²) >= 11 is 0. The Hall–Kier alpha value is -1.63. The molecule has 1 rings (SSSR count). The highest BCUT2D eigenvalue weighted by atomic mass is 19.4. The number of rotatable bonds is 3. The summed E-state index contributed by atoms with van der Waals surface area (Å²) in [5, 5.41) is 8.61. The Morgan fingerprint density at radius 3 is 2.41 bits per heavy atom. The lowest BCUT2D eigenvalue weighted by atomic mass is 9.91. The van der Waals surface area contributed by atoms with Crippen molar-refractivity contribution in [2.75, 3.05) is 0 Å². The number of nitrogens with two attached hydrogens (primary N) is 1. The highest BCUT2D eigenvalue weighted by Crippen LogP contribution is 2.29. The second-order valence-electron chi connectivity index (χ2n) is 3.92. The van der Waals surface area contributed by atoms with Crippen molar-refractivity contribution in [2.45, 2.75) is 25.1 Å². The van der Waals surface area contributed by atoms with Gasteiger partial charge in [-0.3, -0.25) is 9.78 Å². The van der Waals surface area contributed by atoms with Crippen LogP contribution in [-0.4, -0.2) is 16.1 Å². The van der Waals surface area contributed by atoms with Gasteiger partial charge in [0.1, 0.15) is 5.69 Å². The van der Waals surface area contributed by atoms with Crippen molar-refractivity contribution < 1.29 is 23.1 Å². The van der Waals surface area contributed by atoms with Crippen molar-refractivity contribution in [3.05, 3.63) is 29.6 Å². The molecule has 7 heteroatoms. The quantitative estimate of drug-likeness (QED) is 0.854. The first-order valence-electron chi connectivity index (χ1n) is 4.67. The standard InChI is InChI=1S/C10H11F3N2O2/c1-9(14,4-8(16)17)6-2-3-7(15-5-6)10(11,12)13/h2-3,5H,4,14H2,1H3,(H,16,17). The lowest BCUT2D eigenvalue weighted by molar-refractivity contribution is -0.141. The molecule has 0 aliphatic heterocycles. The van der Waals surface area contributed by atoms with E-state index >= 15 is 0 Å². The minimum absolute atomic E-state index is 0.243. The maximum absolute atomic E-state index is 12.2. The summed E-state index contributed by atoms with van der Waals surface area (Å²) in [5.41, 5.74) is 3.66. The Kier molecular flexibility index (Phi) is 3.42. The lowest BCUT2D eigenvalue weighted by Crippen LogP contribution is -2.35. The molecule has 0 bridgehead atoms. The first-order chi connectivity index (χ1) is 7.63. The average Bonchev–Trinajstić information content (AvgIpc) is 2.14. The van der Waals surface area contributed by atoms with Gasteiger partial charge in [-0.05, 0) is 18.6 Å². The van der Waals surface area contributed by atoms with Crippen molar-refractivity contribution in [2.24, 2.45) is 5.73 Å². The van der Waals surface area contributed by atoms with E-state index in [1.807, 2.05) is 0 Å². The Balaban J connectivity index is 2.98. The number of aliphatic carboxylic acids is 1. The number of aromatic nitrogens is 1. The SMILES string of the molecule is CC(N)(CC(=O)O)c1ccc(C(F)(F)F)nc1. The van der Waals surface area contributed by atoms with Gasteiger partial charge in [0.05, 0.1) is 12.0 Å². The van der Waals surface area contributed by atoms with Gasteiger partial charge in [0.15, 0.2) is 0 Å². The number of hydrogen-bond donors (Lipinski definition) is 2. The van der Waals surface area contributed by atoms with Crippen LogP contribution in [0.15, 0.2) is 18.3 Å². The number of pyridine rings is 1. The van der Waals surface area contributed by atoms with Crippen LogP contribution in [0.4, 0.5) is 13.2 Å². The monoisotopic (exact) mass is 248 g/mol. The van der Waals surface area contributed by atoms with Gasteiger partial charge >= 0.3 is 12.1 Å². The third kappa shape index (κ3) is 3.42. The molecule has 0 spiro atoms. The third-order valence-corrected chi connectivity index (χ3v) is 2.23. The van der Waals surface area contributed by atoms with Gasteiger partial charge in [0.2, 0.25) is 0 Å². The van der Waals surface area contributed by atoms with E-state index in [1.54, 1.807) is 0 Å². The largest absolute Gasteiger partial charge is 0.481 e. The molecule has 0 saturated heterocycles. The van der Waals surface area contributed by atoms with Crippen LogP contribution in [0, 0.1) is 0 Å². The number of nitrogens with zero attached hydrogens (tertiary/aromatic N) is 1. The molecule has 0 aliphatic carbocycles. The smallest absolute Gasteiger partial charge is 0.433 e. The van der Waals surface area contributed by atoms with Crippen LogP contribution < -0.4 is 5.73 Å². The molecule has 0 aliphatic rings. The van der Waals surface area contributed by atoms with Crippen molar-refractivity contribution >= 4 is 5.97 Å². The zero-order valence-electron chi connectivity index (χ0n) is 8.95. The molecular formula is C10H11F3N2O2. The fourth-order valence-corrected chi connectivity index (χ4v) is 1.32. The molecule has 94 valence electrons. The molecule has 1 aromatic heterocycles. The van der Waals surface area contributed by atoms with Crippen LogP contribution in [0.3, 0.4) is 0 Å². The summed E-state index contributed by atoms with van der Waals surface area (Å²) in [6, 6.07) is 1.92. The minimum atomic E-state index is -4.52. The van der Waals surface area contributed by atoms with E-state index in [4.69, 9.17) is 10.8 Å². The fourth-order valence-electron chi connectivity index (χ4n) is 1.32. The number of alkyl halides is 3. The summed E-state index contributed by atoms with van der Waals surface area (Å²) in [6.07, 6.45) is -3.96. The van der Waals surface area contributed by atoms with Crippen LogP contribution >= 0.6 is 0 Å². The summed E-state index contributed by atoms with van der Waals surface area (Å²) in [4.78, 5) is 13.8. The van der Waals surface area contributed by atoms with Crippen LogP contribution in [0.25, 0.3) is 0 Å². The fraction of sp³-hybridized carbons (Fsp3) is 0.400. The van der Waals surface area contributed by atoms with Crippen LogP contribution in [0.2, 0.25) is 0 Å². The lowest BCUT2D eigenvalue weighted by Gasteiger charge is -2.22. The molecule has 1 heterocycles. The Labute approximate surface area is 95.3 Å². The van der Waals surface area contributed by atoms with Crippen molar-refractivity contribution in [1.29, 1.82) is 0 Å². The van der Waals surface area contributed by atoms with E-state index in [9.17, 15) is 18.0 Å². The molecule has 1 unspecified atom stereocenters. The number of hydrogen-bond acceptors (Lipinski definition) is 3. The normalized spacial score (nSPS) is 15.4. The predicted molar refractivity (Wildman–Crippen MR) is 53.0 cm³/mol. The van der Waals surface area contributed by atoms with Crippen LogP contribution in [0.5, 0.6) is 0 Å². The maximum atomic E-state index is 12.2. The molecule has 0 radical (unpaired) electrons. The molecule has 1 aromatic rings. The van der Waals surface area contributed by atoms with Crippen molar-refractivity contribution in [3.8, 4) is 0 Å². The molecule has 17 heavy (non-hydrogen) atoms. The number of halogens is 3. The van der Waals surface area contributed by atoms with E-state index < -0.39 is 23.4 Å². The van der Waals surface area contributed by atoms with Crippen LogP contribution in [0.1, 0.15) is 24.6 Å². The van der Waals surface area contributed by atoms with Gasteiger partial charge in [0.25, 0.3) is 0 Å².